The largest absolute Gasteiger partial charge is 0.313 e. The fraction of sp³-hybridized carbons (Fsp3) is 0.444. The Labute approximate surface area is 117 Å². The van der Waals surface area contributed by atoms with Crippen molar-refractivity contribution < 1.29 is 0 Å². The average Bonchev–Trinajstić information content (AvgIpc) is 2.48. The minimum atomic E-state index is 0.511. The van der Waals surface area contributed by atoms with Crippen LogP contribution in [0.4, 0.5) is 0 Å². The molecule has 2 aliphatic rings. The molecule has 0 saturated heterocycles. The second-order valence-corrected chi connectivity index (χ2v) is 5.38. The summed E-state index contributed by atoms with van der Waals surface area (Å²) in [6.07, 6.45) is 21.3. The van der Waals surface area contributed by atoms with Gasteiger partial charge in [0.25, 0.3) is 0 Å². The summed E-state index contributed by atoms with van der Waals surface area (Å²) in [5.41, 5.74) is 3.13. The van der Waals surface area contributed by atoms with Crippen molar-refractivity contribution in [2.75, 3.05) is 7.05 Å². The first-order chi connectivity index (χ1) is 9.35. The summed E-state index contributed by atoms with van der Waals surface area (Å²) in [5.74, 6) is 0.621. The highest BCUT2D eigenvalue weighted by molar-refractivity contribution is 5.28. The van der Waals surface area contributed by atoms with Crippen molar-refractivity contribution in [3.05, 3.63) is 60.3 Å². The lowest BCUT2D eigenvalue weighted by molar-refractivity contribution is 0.532. The predicted molar refractivity (Wildman–Crippen MR) is 84.1 cm³/mol. The molecule has 1 heteroatoms. The zero-order valence-corrected chi connectivity index (χ0v) is 11.9. The first kappa shape index (κ1) is 14.1. The molecule has 0 saturated carbocycles. The van der Waals surface area contributed by atoms with Crippen molar-refractivity contribution in [3.8, 4) is 0 Å². The third kappa shape index (κ3) is 3.81. The summed E-state index contributed by atoms with van der Waals surface area (Å²) < 4.78 is 0. The Hall–Kier alpha value is -1.34. The monoisotopic (exact) mass is 255 g/mol. The van der Waals surface area contributed by atoms with E-state index in [4.69, 9.17) is 0 Å². The number of rotatable bonds is 6. The van der Waals surface area contributed by atoms with Crippen LogP contribution >= 0.6 is 0 Å². The second kappa shape index (κ2) is 7.30. The minimum Gasteiger partial charge on any atom is -0.313 e. The molecule has 0 bridgehead atoms. The van der Waals surface area contributed by atoms with Gasteiger partial charge in [-0.05, 0) is 45.1 Å². The number of allylic oxidation sites excluding steroid dienone is 7. The van der Waals surface area contributed by atoms with Crippen molar-refractivity contribution in [1.82, 2.24) is 5.32 Å². The zero-order chi connectivity index (χ0) is 13.5. The molecule has 0 radical (unpaired) electrons. The number of hydrogen-bond acceptors (Lipinski definition) is 1. The summed E-state index contributed by atoms with van der Waals surface area (Å²) in [6.45, 7) is 3.93. The van der Waals surface area contributed by atoms with Crippen LogP contribution in [0, 0.1) is 5.92 Å². The molecule has 0 aromatic carbocycles. The number of hydrogen-bond donors (Lipinski definition) is 1. The maximum Gasteiger partial charge on any atom is 0.0314 e. The van der Waals surface area contributed by atoms with Crippen molar-refractivity contribution in [1.29, 1.82) is 0 Å². The molecule has 1 N–H and O–H groups in total. The van der Waals surface area contributed by atoms with Crippen molar-refractivity contribution in [2.45, 2.75) is 38.1 Å². The van der Waals surface area contributed by atoms with Gasteiger partial charge in [0.1, 0.15) is 0 Å². The van der Waals surface area contributed by atoms with Crippen LogP contribution in [0.3, 0.4) is 0 Å². The van der Waals surface area contributed by atoms with E-state index in [0.717, 1.165) is 19.3 Å². The Morgan fingerprint density at radius 1 is 1.37 bits per heavy atom. The minimum absolute atomic E-state index is 0.511. The normalized spacial score (nSPS) is 23.7. The van der Waals surface area contributed by atoms with E-state index in [9.17, 15) is 0 Å². The molecule has 2 rings (SSSR count). The van der Waals surface area contributed by atoms with Gasteiger partial charge in [-0.25, -0.2) is 0 Å². The maximum absolute atomic E-state index is 3.93. The topological polar surface area (TPSA) is 12.0 Å². The Morgan fingerprint density at radius 2 is 2.21 bits per heavy atom. The summed E-state index contributed by atoms with van der Waals surface area (Å²) >= 11 is 0. The lowest BCUT2D eigenvalue weighted by Gasteiger charge is -2.27. The molecule has 0 aliphatic heterocycles. The molecular weight excluding hydrogens is 230 g/mol. The molecule has 2 atom stereocenters. The SMILES string of the molecule is C=CCC(CC1=CC=CCC1NC)C1=CC=CCC1. The molecular formula is C18H25N. The van der Waals surface area contributed by atoms with E-state index in [-0.39, 0.29) is 0 Å². The smallest absolute Gasteiger partial charge is 0.0314 e. The predicted octanol–water partition coefficient (Wildman–Crippen LogP) is 4.32. The lowest BCUT2D eigenvalue weighted by Crippen LogP contribution is -2.29. The number of nitrogens with one attached hydrogen (secondary N) is 1. The summed E-state index contributed by atoms with van der Waals surface area (Å²) in [4.78, 5) is 0. The molecule has 1 nitrogen and oxygen atoms in total. The van der Waals surface area contributed by atoms with Gasteiger partial charge in [0.2, 0.25) is 0 Å². The molecule has 0 heterocycles. The van der Waals surface area contributed by atoms with Crippen molar-refractivity contribution >= 4 is 0 Å². The average molecular weight is 255 g/mol. The van der Waals surface area contributed by atoms with Crippen molar-refractivity contribution in [2.24, 2.45) is 5.92 Å². The zero-order valence-electron chi connectivity index (χ0n) is 11.9. The quantitative estimate of drug-likeness (QED) is 0.697. The fourth-order valence-electron chi connectivity index (χ4n) is 3.00. The Bertz CT molecular complexity index is 423. The van der Waals surface area contributed by atoms with E-state index in [2.05, 4.69) is 61.5 Å². The maximum atomic E-state index is 3.93. The van der Waals surface area contributed by atoms with Gasteiger partial charge in [-0.15, -0.1) is 6.58 Å². The van der Waals surface area contributed by atoms with Gasteiger partial charge in [0, 0.05) is 6.04 Å². The molecule has 0 amide bonds. The highest BCUT2D eigenvalue weighted by atomic mass is 14.9. The Kier molecular flexibility index (Phi) is 5.41. The van der Waals surface area contributed by atoms with E-state index in [1.54, 1.807) is 5.57 Å². The van der Waals surface area contributed by atoms with Gasteiger partial charge in [0.05, 0.1) is 0 Å². The highest BCUT2D eigenvalue weighted by Gasteiger charge is 2.20. The van der Waals surface area contributed by atoms with Crippen LogP contribution in [-0.4, -0.2) is 13.1 Å². The van der Waals surface area contributed by atoms with E-state index >= 15 is 0 Å². The fourth-order valence-corrected chi connectivity index (χ4v) is 3.00. The molecule has 102 valence electrons. The molecule has 19 heavy (non-hydrogen) atoms. The van der Waals surface area contributed by atoms with Crippen molar-refractivity contribution in [3.63, 3.8) is 0 Å². The van der Waals surface area contributed by atoms with Gasteiger partial charge in [0.15, 0.2) is 0 Å². The van der Waals surface area contributed by atoms with Crippen LogP contribution in [0.2, 0.25) is 0 Å². The van der Waals surface area contributed by atoms with E-state index < -0.39 is 0 Å². The summed E-state index contributed by atoms with van der Waals surface area (Å²) in [6, 6.07) is 0.511. The molecule has 0 spiro atoms. The van der Waals surface area contributed by atoms with E-state index in [1.807, 2.05) is 0 Å². The van der Waals surface area contributed by atoms with Crippen LogP contribution in [0.25, 0.3) is 0 Å². The second-order valence-electron chi connectivity index (χ2n) is 5.38. The van der Waals surface area contributed by atoms with E-state index in [0.29, 0.717) is 12.0 Å². The van der Waals surface area contributed by atoms with Crippen LogP contribution in [0.1, 0.15) is 32.1 Å². The van der Waals surface area contributed by atoms with Gasteiger partial charge in [-0.2, -0.15) is 0 Å². The molecule has 0 fully saturated rings. The first-order valence-electron chi connectivity index (χ1n) is 7.34. The van der Waals surface area contributed by atoms with Crippen LogP contribution < -0.4 is 5.32 Å². The van der Waals surface area contributed by atoms with Gasteiger partial charge in [-0.3, -0.25) is 0 Å². The first-order valence-corrected chi connectivity index (χ1v) is 7.34. The third-order valence-electron chi connectivity index (χ3n) is 4.12. The van der Waals surface area contributed by atoms with Gasteiger partial charge >= 0.3 is 0 Å². The Morgan fingerprint density at radius 3 is 2.89 bits per heavy atom. The number of likely N-dealkylation sites (N-methyl/N-ethyl adjacent to an activating group) is 1. The summed E-state index contributed by atoms with van der Waals surface area (Å²) in [7, 11) is 2.06. The molecule has 2 unspecified atom stereocenters. The Balaban J connectivity index is 2.09. The highest BCUT2D eigenvalue weighted by Crippen LogP contribution is 2.31. The third-order valence-corrected chi connectivity index (χ3v) is 4.12. The molecule has 2 aliphatic carbocycles. The summed E-state index contributed by atoms with van der Waals surface area (Å²) in [5, 5.41) is 3.43. The van der Waals surface area contributed by atoms with Crippen LogP contribution in [0.5, 0.6) is 0 Å². The van der Waals surface area contributed by atoms with Crippen LogP contribution in [-0.2, 0) is 0 Å². The standard InChI is InChI=1S/C18H25N/c1-3-9-16(15-10-5-4-6-11-15)14-17-12-7-8-13-18(17)19-2/h3-5,7-8,10,12,16,18-19H,1,6,9,11,13-14H2,2H3. The molecule has 0 aromatic rings. The van der Waals surface area contributed by atoms with Crippen LogP contribution in [0.15, 0.2) is 60.3 Å². The van der Waals surface area contributed by atoms with Gasteiger partial charge < -0.3 is 5.32 Å². The lowest BCUT2D eigenvalue weighted by atomic mass is 9.82. The molecule has 0 aromatic heterocycles. The van der Waals surface area contributed by atoms with Gasteiger partial charge in [-0.1, -0.05) is 53.7 Å². The van der Waals surface area contributed by atoms with E-state index in [1.165, 1.54) is 18.4 Å².